The van der Waals surface area contributed by atoms with Crippen molar-refractivity contribution in [3.05, 3.63) is 96.4 Å². The second-order valence-corrected chi connectivity index (χ2v) is 12.7. The van der Waals surface area contributed by atoms with Gasteiger partial charge in [0.15, 0.2) is 23.5 Å². The SMILES string of the molecule is CCOC(=O)[C@@H](C)OP(=O)(CCNC(=O)CCC(=O)c1ccc(-c2nc(CCC(=O)O)oc2-c2ccccc2)cc1)Oc1ccccc1. The molecule has 0 fully saturated rings. The zero-order valence-corrected chi connectivity index (χ0v) is 27.5. The molecule has 0 aliphatic rings. The molecule has 12 nitrogen and oxygen atoms in total. The van der Waals surface area contributed by atoms with Crippen LogP contribution >= 0.6 is 7.60 Å². The molecule has 1 amide bonds. The van der Waals surface area contributed by atoms with Crippen LogP contribution in [-0.2, 0) is 34.6 Å². The number of oxazole rings is 1. The topological polar surface area (TPSA) is 171 Å². The molecule has 0 spiro atoms. The fourth-order valence-corrected chi connectivity index (χ4v) is 6.21. The summed E-state index contributed by atoms with van der Waals surface area (Å²) < 4.78 is 35.5. The van der Waals surface area contributed by atoms with Crippen LogP contribution in [0.4, 0.5) is 0 Å². The molecular weight excluding hydrogens is 639 g/mol. The summed E-state index contributed by atoms with van der Waals surface area (Å²) in [6, 6.07) is 24.3. The summed E-state index contributed by atoms with van der Waals surface area (Å²) in [5.74, 6) is -1.28. The van der Waals surface area contributed by atoms with Gasteiger partial charge in [0.05, 0.1) is 19.2 Å². The molecule has 2 N–H and O–H groups in total. The molecule has 0 saturated heterocycles. The minimum Gasteiger partial charge on any atom is -0.481 e. The number of carboxylic acids is 1. The Labute approximate surface area is 278 Å². The van der Waals surface area contributed by atoms with Gasteiger partial charge in [0, 0.05) is 42.5 Å². The minimum absolute atomic E-state index is 0.0711. The van der Waals surface area contributed by atoms with Crippen molar-refractivity contribution in [3.63, 3.8) is 0 Å². The molecule has 13 heteroatoms. The number of carbonyl (C=O) groups is 4. The number of nitrogens with one attached hydrogen (secondary N) is 1. The first kappa shape index (κ1) is 35.8. The second-order valence-electron chi connectivity index (χ2n) is 10.6. The highest BCUT2D eigenvalue weighted by molar-refractivity contribution is 7.54. The van der Waals surface area contributed by atoms with E-state index in [4.69, 9.17) is 23.3 Å². The van der Waals surface area contributed by atoms with Gasteiger partial charge in [0.1, 0.15) is 11.4 Å². The maximum atomic E-state index is 13.5. The smallest absolute Gasteiger partial charge is 0.381 e. The standard InChI is InChI=1S/C35H37N2O10P/c1-3-44-35(42)24(2)46-48(43,47-28-12-8-5-9-13-28)23-22-36-30(39)19-18-29(38)25-14-16-26(17-15-25)33-34(27-10-6-4-7-11-27)45-31(37-33)20-21-32(40)41/h4-17,24H,3,18-23H2,1-2H3,(H,36,39)(H,40,41)/t24-,48?/m1/s1. The number of aromatic nitrogens is 1. The molecule has 0 bridgehead atoms. The van der Waals surface area contributed by atoms with Gasteiger partial charge < -0.3 is 24.1 Å². The molecule has 1 aromatic heterocycles. The Morgan fingerprint density at radius 1 is 0.896 bits per heavy atom. The molecule has 0 saturated carbocycles. The molecule has 252 valence electrons. The molecule has 0 radical (unpaired) electrons. The molecule has 4 aromatic rings. The Morgan fingerprint density at radius 3 is 2.21 bits per heavy atom. The van der Waals surface area contributed by atoms with Crippen molar-refractivity contribution < 1.29 is 47.1 Å². The third-order valence-corrected chi connectivity index (χ3v) is 8.85. The van der Waals surface area contributed by atoms with Gasteiger partial charge in [0.25, 0.3) is 0 Å². The first-order valence-electron chi connectivity index (χ1n) is 15.4. The summed E-state index contributed by atoms with van der Waals surface area (Å²) in [6.45, 7) is 3.09. The van der Waals surface area contributed by atoms with Crippen LogP contribution in [0.15, 0.2) is 89.3 Å². The van der Waals surface area contributed by atoms with Crippen molar-refractivity contribution in [3.8, 4) is 28.3 Å². The van der Waals surface area contributed by atoms with E-state index in [0.717, 1.165) is 5.56 Å². The maximum Gasteiger partial charge on any atom is 0.381 e. The van der Waals surface area contributed by atoms with Gasteiger partial charge in [0.2, 0.25) is 5.91 Å². The number of rotatable bonds is 18. The second kappa shape index (κ2) is 17.2. The Morgan fingerprint density at radius 2 is 1.56 bits per heavy atom. The highest BCUT2D eigenvalue weighted by Crippen LogP contribution is 2.49. The van der Waals surface area contributed by atoms with E-state index in [9.17, 15) is 23.7 Å². The van der Waals surface area contributed by atoms with E-state index in [1.165, 1.54) is 6.92 Å². The predicted octanol–water partition coefficient (Wildman–Crippen LogP) is 6.35. The van der Waals surface area contributed by atoms with Crippen molar-refractivity contribution in [2.75, 3.05) is 19.3 Å². The van der Waals surface area contributed by atoms with Crippen LogP contribution in [0.5, 0.6) is 5.75 Å². The molecule has 2 atom stereocenters. The van der Waals surface area contributed by atoms with Crippen LogP contribution in [0.25, 0.3) is 22.6 Å². The molecule has 4 rings (SSSR count). The van der Waals surface area contributed by atoms with Gasteiger partial charge in [-0.2, -0.15) is 0 Å². The lowest BCUT2D eigenvalue weighted by Crippen LogP contribution is -2.29. The number of ether oxygens (including phenoxy) is 1. The molecule has 3 aromatic carbocycles. The Balaban J connectivity index is 1.34. The predicted molar refractivity (Wildman–Crippen MR) is 177 cm³/mol. The van der Waals surface area contributed by atoms with Gasteiger partial charge in [-0.3, -0.25) is 18.9 Å². The molecular formula is C35H37N2O10P. The van der Waals surface area contributed by atoms with Crippen LogP contribution in [-0.4, -0.2) is 59.1 Å². The van der Waals surface area contributed by atoms with E-state index in [1.807, 2.05) is 30.3 Å². The zero-order chi connectivity index (χ0) is 34.5. The van der Waals surface area contributed by atoms with Crippen LogP contribution < -0.4 is 9.84 Å². The number of nitrogens with zero attached hydrogens (tertiary/aromatic N) is 1. The van der Waals surface area contributed by atoms with Crippen LogP contribution in [0, 0.1) is 0 Å². The maximum absolute atomic E-state index is 13.5. The largest absolute Gasteiger partial charge is 0.481 e. The average molecular weight is 677 g/mol. The molecule has 48 heavy (non-hydrogen) atoms. The van der Waals surface area contributed by atoms with E-state index >= 15 is 0 Å². The lowest BCUT2D eigenvalue weighted by Gasteiger charge is -2.22. The summed E-state index contributed by atoms with van der Waals surface area (Å²) in [5.41, 5.74) is 2.37. The van der Waals surface area contributed by atoms with E-state index in [0.29, 0.717) is 28.5 Å². The normalized spacial score (nSPS) is 12.8. The van der Waals surface area contributed by atoms with Gasteiger partial charge >= 0.3 is 19.5 Å². The van der Waals surface area contributed by atoms with E-state index in [-0.39, 0.29) is 56.5 Å². The van der Waals surface area contributed by atoms with Crippen LogP contribution in [0.3, 0.4) is 0 Å². The van der Waals surface area contributed by atoms with Crippen molar-refractivity contribution in [2.45, 2.75) is 45.6 Å². The number of Topliss-reactive ketones (excluding diaryl/α,β-unsaturated/α-hetero) is 1. The number of para-hydroxylation sites is 1. The zero-order valence-electron chi connectivity index (χ0n) is 26.6. The quantitative estimate of drug-likeness (QED) is 0.0684. The third-order valence-electron chi connectivity index (χ3n) is 6.95. The van der Waals surface area contributed by atoms with E-state index in [2.05, 4.69) is 10.3 Å². The molecule has 1 unspecified atom stereocenters. The number of hydrogen-bond acceptors (Lipinski definition) is 10. The number of ketones is 1. The summed E-state index contributed by atoms with van der Waals surface area (Å²) in [7, 11) is -3.90. The van der Waals surface area contributed by atoms with E-state index < -0.39 is 31.5 Å². The van der Waals surface area contributed by atoms with Crippen LogP contribution in [0.1, 0.15) is 49.4 Å². The van der Waals surface area contributed by atoms with Crippen molar-refractivity contribution in [1.82, 2.24) is 10.3 Å². The summed E-state index contributed by atoms with van der Waals surface area (Å²) >= 11 is 0. The number of carbonyl (C=O) groups excluding carboxylic acids is 3. The lowest BCUT2D eigenvalue weighted by molar-refractivity contribution is -0.150. The number of esters is 1. The van der Waals surface area contributed by atoms with Crippen LogP contribution in [0.2, 0.25) is 0 Å². The highest BCUT2D eigenvalue weighted by atomic mass is 31.2. The average Bonchev–Trinajstić information content (AvgIpc) is 3.51. The van der Waals surface area contributed by atoms with Gasteiger partial charge in [-0.1, -0.05) is 72.8 Å². The third kappa shape index (κ3) is 10.5. The van der Waals surface area contributed by atoms with Crippen molar-refractivity contribution in [2.24, 2.45) is 0 Å². The van der Waals surface area contributed by atoms with Gasteiger partial charge in [-0.15, -0.1) is 0 Å². The number of aliphatic carboxylic acids is 1. The first-order chi connectivity index (χ1) is 23.1. The monoisotopic (exact) mass is 676 g/mol. The fourth-order valence-electron chi connectivity index (χ4n) is 4.58. The Hall–Kier alpha value is -5.06. The lowest BCUT2D eigenvalue weighted by atomic mass is 10.0. The Kier molecular flexibility index (Phi) is 12.8. The number of aryl methyl sites for hydroxylation is 1. The first-order valence-corrected chi connectivity index (χ1v) is 17.2. The molecule has 0 aliphatic heterocycles. The van der Waals surface area contributed by atoms with Gasteiger partial charge in [-0.25, -0.2) is 14.3 Å². The van der Waals surface area contributed by atoms with Crippen molar-refractivity contribution >= 4 is 31.2 Å². The minimum atomic E-state index is -3.90. The molecule has 0 aliphatic carbocycles. The fraction of sp³-hybridized carbons (Fsp3) is 0.286. The number of amides is 1. The van der Waals surface area contributed by atoms with Gasteiger partial charge in [-0.05, 0) is 26.0 Å². The Bertz CT molecular complexity index is 1740. The highest BCUT2D eigenvalue weighted by Gasteiger charge is 2.32. The summed E-state index contributed by atoms with van der Waals surface area (Å²) in [5, 5.41) is 11.7. The molecule has 1 heterocycles. The summed E-state index contributed by atoms with van der Waals surface area (Å²) in [6.07, 6.45) is -1.56. The van der Waals surface area contributed by atoms with E-state index in [1.54, 1.807) is 61.5 Å². The number of carboxylic acid groups (broad SMARTS) is 1. The number of hydrogen-bond donors (Lipinski definition) is 2. The summed E-state index contributed by atoms with van der Waals surface area (Å²) in [4.78, 5) is 53.2. The number of benzene rings is 3. The van der Waals surface area contributed by atoms with Crippen molar-refractivity contribution in [1.29, 1.82) is 0 Å².